The van der Waals surface area contributed by atoms with E-state index in [1.165, 1.54) is 18.5 Å². The number of hydrogen-bond acceptors (Lipinski definition) is 3. The van der Waals surface area contributed by atoms with Crippen molar-refractivity contribution in [2.75, 3.05) is 0 Å². The molecule has 0 unspecified atom stereocenters. The van der Waals surface area contributed by atoms with Crippen molar-refractivity contribution >= 4 is 33.5 Å². The van der Waals surface area contributed by atoms with E-state index in [1.807, 2.05) is 12.1 Å². The number of pyridine rings is 1. The predicted molar refractivity (Wildman–Crippen MR) is 74.7 cm³/mol. The number of hydrogen-bond donors (Lipinski definition) is 1. The standard InChI is InChI=1S/C13H9BrClNO3/c14-9-2-1-8(11(15)5-9)7-19-12-6-16-4-3-10(12)13(17)18/h1-6H,7H2,(H,17,18). The maximum absolute atomic E-state index is 11.0. The van der Waals surface area contributed by atoms with Gasteiger partial charge in [0.1, 0.15) is 12.2 Å². The third kappa shape index (κ3) is 3.45. The van der Waals surface area contributed by atoms with Crippen LogP contribution in [0.3, 0.4) is 0 Å². The van der Waals surface area contributed by atoms with E-state index >= 15 is 0 Å². The monoisotopic (exact) mass is 341 g/mol. The average Bonchev–Trinajstić information content (AvgIpc) is 2.38. The maximum atomic E-state index is 11.0. The quantitative estimate of drug-likeness (QED) is 0.918. The number of benzene rings is 1. The van der Waals surface area contributed by atoms with Gasteiger partial charge in [-0.05, 0) is 18.2 Å². The molecule has 0 atom stereocenters. The number of halogens is 2. The van der Waals surface area contributed by atoms with Crippen LogP contribution in [0.4, 0.5) is 0 Å². The Morgan fingerprint density at radius 1 is 1.42 bits per heavy atom. The molecule has 0 aliphatic carbocycles. The van der Waals surface area contributed by atoms with E-state index in [0.29, 0.717) is 5.02 Å². The smallest absolute Gasteiger partial charge is 0.339 e. The van der Waals surface area contributed by atoms with Crippen LogP contribution in [-0.4, -0.2) is 16.1 Å². The average molecular weight is 343 g/mol. The molecule has 98 valence electrons. The van der Waals surface area contributed by atoms with Crippen LogP contribution >= 0.6 is 27.5 Å². The zero-order valence-electron chi connectivity index (χ0n) is 9.64. The van der Waals surface area contributed by atoms with Crippen LogP contribution in [0, 0.1) is 0 Å². The van der Waals surface area contributed by atoms with Gasteiger partial charge in [0.05, 0.1) is 6.20 Å². The number of rotatable bonds is 4. The maximum Gasteiger partial charge on any atom is 0.339 e. The summed E-state index contributed by atoms with van der Waals surface area (Å²) in [7, 11) is 0. The highest BCUT2D eigenvalue weighted by Gasteiger charge is 2.11. The van der Waals surface area contributed by atoms with Crippen LogP contribution < -0.4 is 4.74 Å². The minimum Gasteiger partial charge on any atom is -0.486 e. The van der Waals surface area contributed by atoms with Crippen LogP contribution in [0.1, 0.15) is 15.9 Å². The second-order valence-corrected chi connectivity index (χ2v) is 5.02. The minimum absolute atomic E-state index is 0.0724. The van der Waals surface area contributed by atoms with Gasteiger partial charge in [0.25, 0.3) is 0 Å². The minimum atomic E-state index is -1.06. The zero-order valence-corrected chi connectivity index (χ0v) is 12.0. The Balaban J connectivity index is 2.17. The molecule has 1 N–H and O–H groups in total. The molecule has 0 aliphatic rings. The van der Waals surface area contributed by atoms with Crippen LogP contribution in [0.2, 0.25) is 5.02 Å². The number of nitrogens with zero attached hydrogens (tertiary/aromatic N) is 1. The lowest BCUT2D eigenvalue weighted by atomic mass is 10.2. The molecular formula is C13H9BrClNO3. The van der Waals surface area contributed by atoms with Crippen molar-refractivity contribution in [2.24, 2.45) is 0 Å². The molecule has 0 radical (unpaired) electrons. The molecule has 0 spiro atoms. The van der Waals surface area contributed by atoms with E-state index < -0.39 is 5.97 Å². The lowest BCUT2D eigenvalue weighted by molar-refractivity contribution is 0.0691. The largest absolute Gasteiger partial charge is 0.486 e. The predicted octanol–water partition coefficient (Wildman–Crippen LogP) is 3.77. The number of aromatic carboxylic acids is 1. The summed E-state index contributed by atoms with van der Waals surface area (Å²) in [6.07, 6.45) is 2.78. The Kier molecular flexibility index (Phi) is 4.39. The van der Waals surface area contributed by atoms with Gasteiger partial charge in [-0.1, -0.05) is 33.6 Å². The lowest BCUT2D eigenvalue weighted by Crippen LogP contribution is -2.04. The summed E-state index contributed by atoms with van der Waals surface area (Å²) in [5.74, 6) is -0.840. The summed E-state index contributed by atoms with van der Waals surface area (Å²) >= 11 is 9.37. The van der Waals surface area contributed by atoms with Gasteiger partial charge in [-0.2, -0.15) is 0 Å². The van der Waals surface area contributed by atoms with Crippen molar-refractivity contribution in [3.05, 3.63) is 57.3 Å². The van der Waals surface area contributed by atoms with Gasteiger partial charge in [0.15, 0.2) is 5.75 Å². The fourth-order valence-electron chi connectivity index (χ4n) is 1.47. The van der Waals surface area contributed by atoms with E-state index in [9.17, 15) is 4.79 Å². The summed E-state index contributed by atoms with van der Waals surface area (Å²) in [6.45, 7) is 0.179. The van der Waals surface area contributed by atoms with Crippen molar-refractivity contribution in [3.63, 3.8) is 0 Å². The van der Waals surface area contributed by atoms with E-state index in [4.69, 9.17) is 21.4 Å². The van der Waals surface area contributed by atoms with E-state index in [0.717, 1.165) is 10.0 Å². The molecule has 0 fully saturated rings. The Bertz CT molecular complexity index is 619. The fourth-order valence-corrected chi connectivity index (χ4v) is 2.19. The fraction of sp³-hybridized carbons (Fsp3) is 0.0769. The Labute approximate surface area is 123 Å². The van der Waals surface area contributed by atoms with Crippen LogP contribution in [0.25, 0.3) is 0 Å². The Morgan fingerprint density at radius 3 is 2.89 bits per heavy atom. The van der Waals surface area contributed by atoms with Crippen molar-refractivity contribution in [1.29, 1.82) is 0 Å². The molecule has 0 saturated heterocycles. The van der Waals surface area contributed by atoms with E-state index in [2.05, 4.69) is 20.9 Å². The molecule has 4 nitrogen and oxygen atoms in total. The van der Waals surface area contributed by atoms with Crippen molar-refractivity contribution in [2.45, 2.75) is 6.61 Å². The van der Waals surface area contributed by atoms with E-state index in [-0.39, 0.29) is 17.9 Å². The van der Waals surface area contributed by atoms with Crippen molar-refractivity contribution in [1.82, 2.24) is 4.98 Å². The normalized spacial score (nSPS) is 10.2. The highest BCUT2D eigenvalue weighted by molar-refractivity contribution is 9.10. The number of carboxylic acids is 1. The molecule has 1 aromatic carbocycles. The van der Waals surface area contributed by atoms with E-state index in [1.54, 1.807) is 6.07 Å². The first-order valence-corrected chi connectivity index (χ1v) is 6.49. The third-order valence-corrected chi connectivity index (χ3v) is 3.26. The summed E-state index contributed by atoms with van der Waals surface area (Å²) in [5.41, 5.74) is 0.841. The Morgan fingerprint density at radius 2 is 2.21 bits per heavy atom. The van der Waals surface area contributed by atoms with Crippen LogP contribution in [-0.2, 0) is 6.61 Å². The topological polar surface area (TPSA) is 59.4 Å². The van der Waals surface area contributed by atoms with Gasteiger partial charge >= 0.3 is 5.97 Å². The van der Waals surface area contributed by atoms with Gasteiger partial charge in [0, 0.05) is 21.3 Å². The lowest BCUT2D eigenvalue weighted by Gasteiger charge is -2.09. The highest BCUT2D eigenvalue weighted by atomic mass is 79.9. The van der Waals surface area contributed by atoms with Gasteiger partial charge in [-0.3, -0.25) is 4.98 Å². The van der Waals surface area contributed by atoms with Gasteiger partial charge in [-0.25, -0.2) is 4.79 Å². The van der Waals surface area contributed by atoms with Crippen molar-refractivity contribution in [3.8, 4) is 5.75 Å². The molecule has 2 aromatic rings. The summed E-state index contributed by atoms with van der Waals surface area (Å²) < 4.78 is 6.33. The second-order valence-electron chi connectivity index (χ2n) is 3.70. The second kappa shape index (κ2) is 6.04. The molecule has 1 heterocycles. The zero-order chi connectivity index (χ0) is 13.8. The Hall–Kier alpha value is -1.59. The highest BCUT2D eigenvalue weighted by Crippen LogP contribution is 2.24. The number of aromatic nitrogens is 1. The molecule has 0 bridgehead atoms. The molecular weight excluding hydrogens is 334 g/mol. The van der Waals surface area contributed by atoms with Crippen molar-refractivity contribution < 1.29 is 14.6 Å². The molecule has 0 saturated carbocycles. The molecule has 0 amide bonds. The van der Waals surface area contributed by atoms with Crippen LogP contribution in [0.15, 0.2) is 41.1 Å². The molecule has 19 heavy (non-hydrogen) atoms. The number of carbonyl (C=O) groups is 1. The molecule has 6 heteroatoms. The third-order valence-electron chi connectivity index (χ3n) is 2.41. The van der Waals surface area contributed by atoms with Gasteiger partial charge in [0.2, 0.25) is 0 Å². The number of carboxylic acid groups (broad SMARTS) is 1. The van der Waals surface area contributed by atoms with Gasteiger partial charge in [-0.15, -0.1) is 0 Å². The SMILES string of the molecule is O=C(O)c1ccncc1OCc1ccc(Br)cc1Cl. The number of ether oxygens (including phenoxy) is 1. The summed E-state index contributed by atoms with van der Waals surface area (Å²) in [4.78, 5) is 14.9. The molecule has 0 aliphatic heterocycles. The molecule has 1 aromatic heterocycles. The summed E-state index contributed by atoms with van der Waals surface area (Å²) in [6, 6.07) is 6.79. The summed E-state index contributed by atoms with van der Waals surface area (Å²) in [5, 5.41) is 9.56. The first-order chi connectivity index (χ1) is 9.08. The van der Waals surface area contributed by atoms with Gasteiger partial charge < -0.3 is 9.84 Å². The van der Waals surface area contributed by atoms with Crippen LogP contribution in [0.5, 0.6) is 5.75 Å². The first kappa shape index (κ1) is 13.8. The first-order valence-electron chi connectivity index (χ1n) is 5.32. The molecule has 2 rings (SSSR count).